The molecule has 0 aliphatic heterocycles. The number of Topliss-reactive ketones (excluding diaryl/α,β-unsaturated/α-hetero) is 1. The number of carbonyl (C=O) groups is 1. The largest absolute Gasteiger partial charge is 0.294 e. The topological polar surface area (TPSA) is 17.1 Å². The van der Waals surface area contributed by atoms with E-state index in [4.69, 9.17) is 0 Å². The van der Waals surface area contributed by atoms with Crippen molar-refractivity contribution in [2.24, 2.45) is 0 Å². The van der Waals surface area contributed by atoms with Gasteiger partial charge in [-0.1, -0.05) is 24.3 Å². The van der Waals surface area contributed by atoms with E-state index in [2.05, 4.69) is 23.6 Å². The lowest BCUT2D eigenvalue weighted by Crippen LogP contribution is -2.08. The van der Waals surface area contributed by atoms with Gasteiger partial charge in [-0.3, -0.25) is 4.79 Å². The van der Waals surface area contributed by atoms with Gasteiger partial charge >= 0.3 is 0 Å². The second kappa shape index (κ2) is 5.07. The average molecular weight is 256 g/mol. The Balaban J connectivity index is 1.84. The molecular weight excluding hydrogens is 240 g/mol. The molecule has 0 spiro atoms. The van der Waals surface area contributed by atoms with Crippen molar-refractivity contribution in [3.8, 4) is 0 Å². The maximum absolute atomic E-state index is 12.2. The van der Waals surface area contributed by atoms with Crippen molar-refractivity contribution in [2.75, 3.05) is 0 Å². The molecule has 0 N–H and O–H groups in total. The fourth-order valence-electron chi connectivity index (χ4n) is 2.55. The second-order valence-electron chi connectivity index (χ2n) is 4.83. The number of hydrogen-bond acceptors (Lipinski definition) is 2. The molecule has 0 radical (unpaired) electrons. The van der Waals surface area contributed by atoms with Crippen molar-refractivity contribution >= 4 is 27.2 Å². The number of rotatable bonds is 3. The predicted molar refractivity (Wildman–Crippen MR) is 77.1 cm³/mol. The van der Waals surface area contributed by atoms with E-state index in [0.717, 1.165) is 18.4 Å². The number of ketones is 1. The lowest BCUT2D eigenvalue weighted by atomic mass is 9.93. The van der Waals surface area contributed by atoms with Crippen LogP contribution in [0.2, 0.25) is 0 Å². The van der Waals surface area contributed by atoms with Crippen LogP contribution in [0.3, 0.4) is 0 Å². The second-order valence-corrected chi connectivity index (χ2v) is 5.74. The Bertz CT molecular complexity index is 606. The molecule has 92 valence electrons. The summed E-state index contributed by atoms with van der Waals surface area (Å²) in [4.78, 5) is 12.2. The average Bonchev–Trinajstić information content (AvgIpc) is 2.83. The quantitative estimate of drug-likeness (QED) is 0.789. The third-order valence-corrected chi connectivity index (χ3v) is 4.57. The van der Waals surface area contributed by atoms with Gasteiger partial charge in [0.15, 0.2) is 5.78 Å². The molecule has 1 nitrogen and oxygen atoms in total. The first kappa shape index (κ1) is 11.7. The molecular formula is C16H16OS. The minimum atomic E-state index is 0.318. The molecule has 0 unspecified atom stereocenters. The van der Waals surface area contributed by atoms with Gasteiger partial charge in [-0.05, 0) is 53.7 Å². The van der Waals surface area contributed by atoms with Crippen molar-refractivity contribution in [2.45, 2.75) is 32.1 Å². The summed E-state index contributed by atoms with van der Waals surface area (Å²) in [6.45, 7) is 0. The standard InChI is InChI=1S/C16H16OS/c17-15(12-6-2-1-3-7-12)10-13-11-18-16-9-5-4-8-14(13)16/h4-6,8-9,11H,1-3,7,10H2. The fraction of sp³-hybridized carbons (Fsp3) is 0.312. The van der Waals surface area contributed by atoms with Crippen molar-refractivity contribution in [1.29, 1.82) is 0 Å². The highest BCUT2D eigenvalue weighted by Gasteiger charge is 2.14. The summed E-state index contributed by atoms with van der Waals surface area (Å²) in [5.74, 6) is 0.318. The summed E-state index contributed by atoms with van der Waals surface area (Å²) in [5.41, 5.74) is 2.24. The molecule has 0 bridgehead atoms. The zero-order valence-corrected chi connectivity index (χ0v) is 11.1. The van der Waals surface area contributed by atoms with E-state index in [-0.39, 0.29) is 0 Å². The Morgan fingerprint density at radius 2 is 2.11 bits per heavy atom. The molecule has 1 heterocycles. The number of allylic oxidation sites excluding steroid dienone is 2. The minimum absolute atomic E-state index is 0.318. The van der Waals surface area contributed by atoms with Crippen LogP contribution in [-0.4, -0.2) is 5.78 Å². The first-order valence-corrected chi connectivity index (χ1v) is 7.40. The highest BCUT2D eigenvalue weighted by atomic mass is 32.1. The summed E-state index contributed by atoms with van der Waals surface area (Å²) in [6, 6.07) is 8.33. The first-order chi connectivity index (χ1) is 8.84. The first-order valence-electron chi connectivity index (χ1n) is 6.52. The molecule has 1 aliphatic rings. The van der Waals surface area contributed by atoms with Gasteiger partial charge in [-0.25, -0.2) is 0 Å². The Labute approximate surface area is 111 Å². The van der Waals surface area contributed by atoms with E-state index < -0.39 is 0 Å². The molecule has 3 rings (SSSR count). The van der Waals surface area contributed by atoms with E-state index in [1.54, 1.807) is 11.3 Å². The Hall–Kier alpha value is -1.41. The van der Waals surface area contributed by atoms with Crippen LogP contribution >= 0.6 is 11.3 Å². The summed E-state index contributed by atoms with van der Waals surface area (Å²) < 4.78 is 1.28. The van der Waals surface area contributed by atoms with E-state index >= 15 is 0 Å². The maximum Gasteiger partial charge on any atom is 0.162 e. The normalized spacial score (nSPS) is 15.7. The fourth-order valence-corrected chi connectivity index (χ4v) is 3.51. The third kappa shape index (κ3) is 2.25. The molecule has 1 aliphatic carbocycles. The van der Waals surface area contributed by atoms with Crippen molar-refractivity contribution < 1.29 is 4.79 Å². The zero-order chi connectivity index (χ0) is 12.4. The lowest BCUT2D eigenvalue weighted by Gasteiger charge is -2.11. The third-order valence-electron chi connectivity index (χ3n) is 3.56. The Morgan fingerprint density at radius 1 is 1.22 bits per heavy atom. The van der Waals surface area contributed by atoms with Crippen LogP contribution in [0.15, 0.2) is 41.3 Å². The highest BCUT2D eigenvalue weighted by molar-refractivity contribution is 7.17. The SMILES string of the molecule is O=C(Cc1csc2ccccc12)C1=CCCCC1. The monoisotopic (exact) mass is 256 g/mol. The van der Waals surface area contributed by atoms with Crippen LogP contribution in [0.5, 0.6) is 0 Å². The maximum atomic E-state index is 12.2. The van der Waals surface area contributed by atoms with Gasteiger partial charge in [0.05, 0.1) is 0 Å². The van der Waals surface area contributed by atoms with Gasteiger partial charge in [0.2, 0.25) is 0 Å². The minimum Gasteiger partial charge on any atom is -0.294 e. The van der Waals surface area contributed by atoms with E-state index in [0.29, 0.717) is 12.2 Å². The number of fused-ring (bicyclic) bond motifs is 1. The molecule has 0 saturated heterocycles. The van der Waals surface area contributed by atoms with E-state index in [9.17, 15) is 4.79 Å². The summed E-state index contributed by atoms with van der Waals surface area (Å²) in [5, 5.41) is 3.37. The van der Waals surface area contributed by atoms with Crippen LogP contribution in [0.25, 0.3) is 10.1 Å². The molecule has 2 heteroatoms. The number of thiophene rings is 1. The van der Waals surface area contributed by atoms with Gasteiger partial charge in [0, 0.05) is 11.1 Å². The van der Waals surface area contributed by atoms with Gasteiger partial charge in [0.1, 0.15) is 0 Å². The predicted octanol–water partition coefficient (Wildman–Crippen LogP) is 4.51. The van der Waals surface area contributed by atoms with Crippen molar-refractivity contribution in [1.82, 2.24) is 0 Å². The molecule has 0 saturated carbocycles. The molecule has 1 aromatic heterocycles. The molecule has 0 amide bonds. The number of benzene rings is 1. The highest BCUT2D eigenvalue weighted by Crippen LogP contribution is 2.27. The smallest absolute Gasteiger partial charge is 0.162 e. The van der Waals surface area contributed by atoms with Crippen LogP contribution in [0, 0.1) is 0 Å². The molecule has 18 heavy (non-hydrogen) atoms. The van der Waals surface area contributed by atoms with Crippen LogP contribution in [0.1, 0.15) is 31.2 Å². The number of hydrogen-bond donors (Lipinski definition) is 0. The van der Waals surface area contributed by atoms with Crippen LogP contribution < -0.4 is 0 Å². The number of carbonyl (C=O) groups excluding carboxylic acids is 1. The van der Waals surface area contributed by atoms with E-state index in [1.165, 1.54) is 28.5 Å². The van der Waals surface area contributed by atoms with Gasteiger partial charge in [-0.2, -0.15) is 0 Å². The van der Waals surface area contributed by atoms with Gasteiger partial charge in [-0.15, -0.1) is 11.3 Å². The van der Waals surface area contributed by atoms with Crippen molar-refractivity contribution in [3.05, 3.63) is 46.9 Å². The lowest BCUT2D eigenvalue weighted by molar-refractivity contribution is -0.115. The van der Waals surface area contributed by atoms with Crippen LogP contribution in [0.4, 0.5) is 0 Å². The van der Waals surface area contributed by atoms with Gasteiger partial charge in [0.25, 0.3) is 0 Å². The Kier molecular flexibility index (Phi) is 3.28. The Morgan fingerprint density at radius 3 is 2.94 bits per heavy atom. The zero-order valence-electron chi connectivity index (χ0n) is 10.3. The van der Waals surface area contributed by atoms with Crippen molar-refractivity contribution in [3.63, 3.8) is 0 Å². The summed E-state index contributed by atoms with van der Waals surface area (Å²) in [6.07, 6.45) is 7.16. The van der Waals surface area contributed by atoms with E-state index in [1.807, 2.05) is 12.1 Å². The molecule has 1 aromatic carbocycles. The van der Waals surface area contributed by atoms with Crippen LogP contribution in [-0.2, 0) is 11.2 Å². The summed E-state index contributed by atoms with van der Waals surface area (Å²) >= 11 is 1.73. The van der Waals surface area contributed by atoms with Gasteiger partial charge < -0.3 is 0 Å². The summed E-state index contributed by atoms with van der Waals surface area (Å²) in [7, 11) is 0. The molecule has 0 fully saturated rings. The molecule has 2 aromatic rings. The molecule has 0 atom stereocenters.